The average Bonchev–Trinajstić information content (AvgIpc) is 2.48. The number of halogens is 3. The molecule has 7 heteroatoms. The first kappa shape index (κ1) is 16.6. The second-order valence-electron chi connectivity index (χ2n) is 5.37. The Morgan fingerprint density at radius 2 is 2.00 bits per heavy atom. The van der Waals surface area contributed by atoms with Gasteiger partial charge in [-0.2, -0.15) is 13.2 Å². The van der Waals surface area contributed by atoms with Crippen LogP contribution in [0.4, 0.5) is 23.7 Å². The second kappa shape index (κ2) is 7.00. The molecule has 2 rings (SSSR count). The Hall–Kier alpha value is -1.76. The monoisotopic (exact) mass is 316 g/mol. The third-order valence-corrected chi connectivity index (χ3v) is 3.56. The fourth-order valence-electron chi connectivity index (χ4n) is 2.30. The SMILES string of the molecule is CN(CC1CCCCO1)C(=O)Nc1ccc(C(F)(F)F)cc1. The van der Waals surface area contributed by atoms with Gasteiger partial charge in [0.15, 0.2) is 0 Å². The van der Waals surface area contributed by atoms with Crippen LogP contribution in [0.1, 0.15) is 24.8 Å². The lowest BCUT2D eigenvalue weighted by Crippen LogP contribution is -2.39. The summed E-state index contributed by atoms with van der Waals surface area (Å²) in [5, 5.41) is 2.57. The van der Waals surface area contributed by atoms with Gasteiger partial charge in [-0.3, -0.25) is 0 Å². The highest BCUT2D eigenvalue weighted by atomic mass is 19.4. The van der Waals surface area contributed by atoms with Crippen molar-refractivity contribution in [3.8, 4) is 0 Å². The largest absolute Gasteiger partial charge is 0.416 e. The molecule has 2 amide bonds. The molecule has 1 unspecified atom stereocenters. The lowest BCUT2D eigenvalue weighted by atomic mass is 10.1. The first-order valence-corrected chi connectivity index (χ1v) is 7.17. The summed E-state index contributed by atoms with van der Waals surface area (Å²) in [6.45, 7) is 1.17. The van der Waals surface area contributed by atoms with Crippen molar-refractivity contribution in [2.75, 3.05) is 25.5 Å². The van der Waals surface area contributed by atoms with E-state index in [-0.39, 0.29) is 12.1 Å². The number of alkyl halides is 3. The second-order valence-corrected chi connectivity index (χ2v) is 5.37. The lowest BCUT2D eigenvalue weighted by molar-refractivity contribution is -0.137. The zero-order chi connectivity index (χ0) is 16.2. The molecule has 1 N–H and O–H groups in total. The normalized spacial score (nSPS) is 18.8. The maximum absolute atomic E-state index is 12.5. The number of benzene rings is 1. The van der Waals surface area contributed by atoms with Crippen molar-refractivity contribution < 1.29 is 22.7 Å². The summed E-state index contributed by atoms with van der Waals surface area (Å²) in [5.74, 6) is 0. The average molecular weight is 316 g/mol. The molecule has 0 aromatic heterocycles. The first-order valence-electron chi connectivity index (χ1n) is 7.17. The number of carbonyl (C=O) groups excluding carboxylic acids is 1. The first-order chi connectivity index (χ1) is 10.4. The van der Waals surface area contributed by atoms with Gasteiger partial charge in [-0.05, 0) is 43.5 Å². The minimum absolute atomic E-state index is 0.0251. The standard InChI is InChI=1S/C15H19F3N2O2/c1-20(10-13-4-2-3-9-22-13)14(21)19-12-7-5-11(6-8-12)15(16,17)18/h5-8,13H,2-4,9-10H2,1H3,(H,19,21). The highest BCUT2D eigenvalue weighted by Gasteiger charge is 2.30. The van der Waals surface area contributed by atoms with Crippen LogP contribution in [0, 0.1) is 0 Å². The van der Waals surface area contributed by atoms with Gasteiger partial charge in [0, 0.05) is 25.9 Å². The minimum atomic E-state index is -4.38. The van der Waals surface area contributed by atoms with E-state index in [4.69, 9.17) is 4.74 Å². The Bertz CT molecular complexity index is 497. The van der Waals surface area contributed by atoms with Gasteiger partial charge in [-0.1, -0.05) is 0 Å². The molecule has 1 aliphatic heterocycles. The summed E-state index contributed by atoms with van der Waals surface area (Å²) in [5.41, 5.74) is -0.413. The van der Waals surface area contributed by atoms with Gasteiger partial charge < -0.3 is 15.0 Å². The number of rotatable bonds is 3. The zero-order valence-corrected chi connectivity index (χ0v) is 12.3. The van der Waals surface area contributed by atoms with E-state index in [1.807, 2.05) is 0 Å². The van der Waals surface area contributed by atoms with Crippen LogP contribution in [0.3, 0.4) is 0 Å². The van der Waals surface area contributed by atoms with Crippen LogP contribution < -0.4 is 5.32 Å². The smallest absolute Gasteiger partial charge is 0.376 e. The van der Waals surface area contributed by atoms with Crippen molar-refractivity contribution in [1.82, 2.24) is 4.90 Å². The van der Waals surface area contributed by atoms with Crippen LogP contribution in [0.5, 0.6) is 0 Å². The van der Waals surface area contributed by atoms with E-state index in [1.165, 1.54) is 17.0 Å². The fraction of sp³-hybridized carbons (Fsp3) is 0.533. The maximum Gasteiger partial charge on any atom is 0.416 e. The Morgan fingerprint density at radius 1 is 1.32 bits per heavy atom. The summed E-state index contributed by atoms with van der Waals surface area (Å²) >= 11 is 0. The molecule has 1 heterocycles. The van der Waals surface area contributed by atoms with Crippen LogP contribution in [-0.4, -0.2) is 37.2 Å². The van der Waals surface area contributed by atoms with E-state index in [2.05, 4.69) is 5.32 Å². The van der Waals surface area contributed by atoms with Crippen molar-refractivity contribution >= 4 is 11.7 Å². The van der Waals surface area contributed by atoms with Gasteiger partial charge in [-0.15, -0.1) is 0 Å². The molecule has 122 valence electrons. The molecular weight excluding hydrogens is 297 g/mol. The Labute approximate surface area is 127 Å². The molecule has 1 aromatic rings. The number of nitrogens with zero attached hydrogens (tertiary/aromatic N) is 1. The van der Waals surface area contributed by atoms with E-state index >= 15 is 0 Å². The summed E-state index contributed by atoms with van der Waals surface area (Å²) < 4.78 is 42.9. The number of urea groups is 1. The molecule has 4 nitrogen and oxygen atoms in total. The van der Waals surface area contributed by atoms with E-state index in [9.17, 15) is 18.0 Å². The van der Waals surface area contributed by atoms with Crippen LogP contribution in [0.15, 0.2) is 24.3 Å². The third-order valence-electron chi connectivity index (χ3n) is 3.56. The molecule has 0 spiro atoms. The van der Waals surface area contributed by atoms with Crippen LogP contribution in [0.25, 0.3) is 0 Å². The Kier molecular flexibility index (Phi) is 5.28. The number of nitrogens with one attached hydrogen (secondary N) is 1. The third kappa shape index (κ3) is 4.62. The number of amides is 2. The Morgan fingerprint density at radius 3 is 2.55 bits per heavy atom. The van der Waals surface area contributed by atoms with Crippen molar-refractivity contribution in [3.05, 3.63) is 29.8 Å². The highest BCUT2D eigenvalue weighted by Crippen LogP contribution is 2.29. The molecule has 1 fully saturated rings. The maximum atomic E-state index is 12.5. The fourth-order valence-corrected chi connectivity index (χ4v) is 2.30. The molecule has 0 radical (unpaired) electrons. The lowest BCUT2D eigenvalue weighted by Gasteiger charge is -2.27. The van der Waals surface area contributed by atoms with Gasteiger partial charge in [0.2, 0.25) is 0 Å². The molecule has 0 bridgehead atoms. The number of ether oxygens (including phenoxy) is 1. The molecule has 1 aliphatic rings. The van der Waals surface area contributed by atoms with Crippen molar-refractivity contribution in [3.63, 3.8) is 0 Å². The van der Waals surface area contributed by atoms with Crippen LogP contribution in [-0.2, 0) is 10.9 Å². The van der Waals surface area contributed by atoms with Crippen LogP contribution >= 0.6 is 0 Å². The molecule has 1 saturated heterocycles. The quantitative estimate of drug-likeness (QED) is 0.923. The number of carbonyl (C=O) groups is 1. The van der Waals surface area contributed by atoms with Crippen molar-refractivity contribution in [1.29, 1.82) is 0 Å². The topological polar surface area (TPSA) is 41.6 Å². The van der Waals surface area contributed by atoms with Crippen molar-refractivity contribution in [2.24, 2.45) is 0 Å². The zero-order valence-electron chi connectivity index (χ0n) is 12.3. The molecule has 1 atom stereocenters. The van der Waals surface area contributed by atoms with Gasteiger partial charge >= 0.3 is 12.2 Å². The van der Waals surface area contributed by atoms with Gasteiger partial charge in [-0.25, -0.2) is 4.79 Å². The van der Waals surface area contributed by atoms with E-state index in [0.29, 0.717) is 18.8 Å². The van der Waals surface area contributed by atoms with Gasteiger partial charge in [0.25, 0.3) is 0 Å². The predicted molar refractivity (Wildman–Crippen MR) is 76.7 cm³/mol. The highest BCUT2D eigenvalue weighted by molar-refractivity contribution is 5.89. The van der Waals surface area contributed by atoms with Gasteiger partial charge in [0.05, 0.1) is 11.7 Å². The molecular formula is C15H19F3N2O2. The van der Waals surface area contributed by atoms with Crippen LogP contribution in [0.2, 0.25) is 0 Å². The molecule has 22 heavy (non-hydrogen) atoms. The predicted octanol–water partition coefficient (Wildman–Crippen LogP) is 3.74. The molecule has 0 saturated carbocycles. The van der Waals surface area contributed by atoms with Crippen molar-refractivity contribution in [2.45, 2.75) is 31.5 Å². The summed E-state index contributed by atoms with van der Waals surface area (Å²) in [6, 6.07) is 4.01. The minimum Gasteiger partial charge on any atom is -0.376 e. The molecule has 0 aliphatic carbocycles. The van der Waals surface area contributed by atoms with E-state index in [0.717, 1.165) is 31.4 Å². The van der Waals surface area contributed by atoms with E-state index in [1.54, 1.807) is 7.05 Å². The summed E-state index contributed by atoms with van der Waals surface area (Å²) in [6.07, 6.45) is -1.32. The number of anilines is 1. The molecule has 1 aromatic carbocycles. The number of likely N-dealkylation sites (N-methyl/N-ethyl adjacent to an activating group) is 1. The van der Waals surface area contributed by atoms with E-state index < -0.39 is 11.7 Å². The Balaban J connectivity index is 1.87. The summed E-state index contributed by atoms with van der Waals surface area (Å²) in [7, 11) is 1.64. The number of hydrogen-bond acceptors (Lipinski definition) is 2. The van der Waals surface area contributed by atoms with Gasteiger partial charge in [0.1, 0.15) is 0 Å². The summed E-state index contributed by atoms with van der Waals surface area (Å²) in [4.78, 5) is 13.5. The number of hydrogen-bond donors (Lipinski definition) is 1.